The smallest absolute Gasteiger partial charge is 0.167 e. The summed E-state index contributed by atoms with van der Waals surface area (Å²) in [6.07, 6.45) is 0. The maximum atomic E-state index is 13.7. The van der Waals surface area contributed by atoms with Gasteiger partial charge in [-0.15, -0.1) is 0 Å². The number of nitrogens with two attached hydrogens (primary N) is 1. The van der Waals surface area contributed by atoms with Crippen LogP contribution in [0.25, 0.3) is 0 Å². The molecular formula is C16H18FNO. The number of nitrogen functional groups attached to an aromatic ring is 1. The molecule has 2 rings (SSSR count). The molecule has 2 N–H and O–H groups in total. The normalized spacial score (nSPS) is 10.5. The van der Waals surface area contributed by atoms with E-state index >= 15 is 0 Å². The van der Waals surface area contributed by atoms with Gasteiger partial charge in [0.1, 0.15) is 6.61 Å². The van der Waals surface area contributed by atoms with E-state index in [9.17, 15) is 4.39 Å². The highest BCUT2D eigenvalue weighted by Gasteiger charge is 2.09. The Kier molecular flexibility index (Phi) is 3.74. The Bertz CT molecular complexity index is 588. The number of benzene rings is 2. The minimum absolute atomic E-state index is 0.245. The van der Waals surface area contributed by atoms with Gasteiger partial charge in [-0.05, 0) is 49.1 Å². The molecule has 0 spiro atoms. The summed E-state index contributed by atoms with van der Waals surface area (Å²) in [6, 6.07) is 8.99. The average molecular weight is 259 g/mol. The van der Waals surface area contributed by atoms with Crippen molar-refractivity contribution < 1.29 is 9.13 Å². The second kappa shape index (κ2) is 5.31. The molecule has 0 amide bonds. The molecule has 0 fully saturated rings. The number of anilines is 1. The Morgan fingerprint density at radius 1 is 1.05 bits per heavy atom. The van der Waals surface area contributed by atoms with Crippen LogP contribution < -0.4 is 10.5 Å². The monoisotopic (exact) mass is 259 g/mol. The van der Waals surface area contributed by atoms with E-state index in [-0.39, 0.29) is 5.75 Å². The highest BCUT2D eigenvalue weighted by atomic mass is 19.1. The van der Waals surface area contributed by atoms with Gasteiger partial charge in [-0.1, -0.05) is 18.2 Å². The quantitative estimate of drug-likeness (QED) is 0.848. The fraction of sp³-hybridized carbons (Fsp3) is 0.250. The Hall–Kier alpha value is -2.03. The maximum Gasteiger partial charge on any atom is 0.167 e. The largest absolute Gasteiger partial charge is 0.486 e. The summed E-state index contributed by atoms with van der Waals surface area (Å²) >= 11 is 0. The van der Waals surface area contributed by atoms with Crippen LogP contribution in [0.5, 0.6) is 5.75 Å². The molecule has 0 saturated heterocycles. The zero-order chi connectivity index (χ0) is 14.0. The SMILES string of the molecule is Cc1cc(OCc2c(C)cccc2C)c(F)cc1N. The molecule has 100 valence electrons. The van der Waals surface area contributed by atoms with Crippen LogP contribution in [0.4, 0.5) is 10.1 Å². The second-order valence-electron chi connectivity index (χ2n) is 4.80. The lowest BCUT2D eigenvalue weighted by atomic mass is 10.0. The van der Waals surface area contributed by atoms with Gasteiger partial charge in [0.25, 0.3) is 0 Å². The Morgan fingerprint density at radius 3 is 2.32 bits per heavy atom. The molecule has 0 bridgehead atoms. The maximum absolute atomic E-state index is 13.7. The number of rotatable bonds is 3. The van der Waals surface area contributed by atoms with E-state index in [2.05, 4.69) is 0 Å². The van der Waals surface area contributed by atoms with Gasteiger partial charge in [0.05, 0.1) is 0 Å². The van der Waals surface area contributed by atoms with Crippen molar-refractivity contribution in [3.05, 3.63) is 58.4 Å². The molecule has 0 aromatic heterocycles. The molecule has 0 aliphatic carbocycles. The fourth-order valence-electron chi connectivity index (χ4n) is 2.01. The third-order valence-corrected chi connectivity index (χ3v) is 3.34. The molecule has 3 heteroatoms. The zero-order valence-corrected chi connectivity index (χ0v) is 11.5. The van der Waals surface area contributed by atoms with Crippen LogP contribution in [0.2, 0.25) is 0 Å². The average Bonchev–Trinajstić information content (AvgIpc) is 2.34. The van der Waals surface area contributed by atoms with Gasteiger partial charge in [0.2, 0.25) is 0 Å². The van der Waals surface area contributed by atoms with Crippen molar-refractivity contribution >= 4 is 5.69 Å². The van der Waals surface area contributed by atoms with Crippen LogP contribution in [0.1, 0.15) is 22.3 Å². The predicted octanol–water partition coefficient (Wildman–Crippen LogP) is 3.91. The van der Waals surface area contributed by atoms with Gasteiger partial charge in [-0.3, -0.25) is 0 Å². The van der Waals surface area contributed by atoms with Crippen molar-refractivity contribution in [2.75, 3.05) is 5.73 Å². The van der Waals surface area contributed by atoms with Gasteiger partial charge in [-0.25, -0.2) is 4.39 Å². The topological polar surface area (TPSA) is 35.2 Å². The molecule has 0 aliphatic rings. The highest BCUT2D eigenvalue weighted by molar-refractivity contribution is 5.50. The van der Waals surface area contributed by atoms with E-state index in [0.717, 1.165) is 22.3 Å². The molecule has 19 heavy (non-hydrogen) atoms. The van der Waals surface area contributed by atoms with Crippen LogP contribution in [-0.4, -0.2) is 0 Å². The molecular weight excluding hydrogens is 241 g/mol. The third kappa shape index (κ3) is 2.87. The van der Waals surface area contributed by atoms with Crippen LogP contribution >= 0.6 is 0 Å². The lowest BCUT2D eigenvalue weighted by Gasteiger charge is -2.13. The molecule has 0 unspecified atom stereocenters. The van der Waals surface area contributed by atoms with E-state index < -0.39 is 5.82 Å². The molecule has 0 atom stereocenters. The number of hydrogen-bond acceptors (Lipinski definition) is 2. The van der Waals surface area contributed by atoms with Crippen LogP contribution in [0.3, 0.4) is 0 Å². The second-order valence-corrected chi connectivity index (χ2v) is 4.80. The molecule has 2 aromatic carbocycles. The minimum Gasteiger partial charge on any atom is -0.486 e. The molecule has 2 nitrogen and oxygen atoms in total. The number of hydrogen-bond donors (Lipinski definition) is 1. The summed E-state index contributed by atoms with van der Waals surface area (Å²) in [7, 11) is 0. The van der Waals surface area contributed by atoms with Gasteiger partial charge in [-0.2, -0.15) is 0 Å². The predicted molar refractivity (Wildman–Crippen MR) is 75.8 cm³/mol. The van der Waals surface area contributed by atoms with E-state index in [1.807, 2.05) is 39.0 Å². The molecule has 0 heterocycles. The van der Waals surface area contributed by atoms with E-state index in [1.165, 1.54) is 6.07 Å². The van der Waals surface area contributed by atoms with Crippen molar-refractivity contribution in [2.45, 2.75) is 27.4 Å². The molecule has 2 aromatic rings. The summed E-state index contributed by atoms with van der Waals surface area (Å²) < 4.78 is 19.3. The van der Waals surface area contributed by atoms with Crippen molar-refractivity contribution in [1.82, 2.24) is 0 Å². The molecule has 0 radical (unpaired) electrons. The summed E-state index contributed by atoms with van der Waals surface area (Å²) in [6.45, 7) is 6.24. The van der Waals surface area contributed by atoms with E-state index in [4.69, 9.17) is 10.5 Å². The first-order valence-electron chi connectivity index (χ1n) is 6.22. The summed E-state index contributed by atoms with van der Waals surface area (Å²) in [4.78, 5) is 0. The van der Waals surface area contributed by atoms with E-state index in [0.29, 0.717) is 12.3 Å². The van der Waals surface area contributed by atoms with E-state index in [1.54, 1.807) is 6.07 Å². The Morgan fingerprint density at radius 2 is 1.68 bits per heavy atom. The lowest BCUT2D eigenvalue weighted by Crippen LogP contribution is -2.03. The Labute approximate surface area is 113 Å². The van der Waals surface area contributed by atoms with Gasteiger partial charge in [0, 0.05) is 11.8 Å². The molecule has 0 saturated carbocycles. The van der Waals surface area contributed by atoms with Gasteiger partial charge < -0.3 is 10.5 Å². The van der Waals surface area contributed by atoms with Crippen LogP contribution in [0, 0.1) is 26.6 Å². The van der Waals surface area contributed by atoms with Crippen molar-refractivity contribution in [2.24, 2.45) is 0 Å². The summed E-state index contributed by atoms with van der Waals surface area (Å²) in [5.74, 6) is -0.177. The first kappa shape index (κ1) is 13.4. The number of halogens is 1. The fourth-order valence-corrected chi connectivity index (χ4v) is 2.01. The summed E-state index contributed by atoms with van der Waals surface area (Å²) in [5, 5.41) is 0. The first-order valence-corrected chi connectivity index (χ1v) is 6.22. The van der Waals surface area contributed by atoms with Gasteiger partial charge in [0.15, 0.2) is 11.6 Å². The first-order chi connectivity index (χ1) is 8.99. The lowest BCUT2D eigenvalue weighted by molar-refractivity contribution is 0.289. The van der Waals surface area contributed by atoms with Crippen molar-refractivity contribution in [3.63, 3.8) is 0 Å². The standard InChI is InChI=1S/C16H18FNO/c1-10-5-4-6-11(2)13(10)9-19-16-7-12(3)15(18)8-14(16)17/h4-8H,9,18H2,1-3H3. The summed E-state index contributed by atoms with van der Waals surface area (Å²) in [5.41, 5.74) is 10.3. The van der Waals surface area contributed by atoms with Crippen LogP contribution in [0.15, 0.2) is 30.3 Å². The Balaban J connectivity index is 2.22. The minimum atomic E-state index is -0.422. The number of aryl methyl sites for hydroxylation is 3. The highest BCUT2D eigenvalue weighted by Crippen LogP contribution is 2.25. The van der Waals surface area contributed by atoms with Crippen molar-refractivity contribution in [1.29, 1.82) is 0 Å². The zero-order valence-electron chi connectivity index (χ0n) is 11.5. The van der Waals surface area contributed by atoms with Crippen molar-refractivity contribution in [3.8, 4) is 5.75 Å². The third-order valence-electron chi connectivity index (χ3n) is 3.34. The molecule has 0 aliphatic heterocycles. The number of ether oxygens (including phenoxy) is 1. The van der Waals surface area contributed by atoms with Crippen LogP contribution in [-0.2, 0) is 6.61 Å². The van der Waals surface area contributed by atoms with Gasteiger partial charge >= 0.3 is 0 Å².